The van der Waals surface area contributed by atoms with E-state index in [1.165, 1.54) is 0 Å². The molecule has 0 aromatic carbocycles. The zero-order valence-corrected chi connectivity index (χ0v) is 18.3. The van der Waals surface area contributed by atoms with Crippen LogP contribution in [0.15, 0.2) is 0 Å². The molecule has 1 saturated heterocycles. The lowest BCUT2D eigenvalue weighted by Crippen LogP contribution is -2.24. The largest absolute Gasteiger partial charge is 0.425 e. The minimum Gasteiger partial charge on any atom is -0.425 e. The Kier molecular flexibility index (Phi) is 12.1. The summed E-state index contributed by atoms with van der Waals surface area (Å²) in [6.07, 6.45) is 0.0301. The Morgan fingerprint density at radius 1 is 0.889 bits per heavy atom. The van der Waals surface area contributed by atoms with E-state index in [0.29, 0.717) is 6.42 Å². The highest BCUT2D eigenvalue weighted by Crippen LogP contribution is 2.09. The monoisotopic (exact) mass is 348 g/mol. The summed E-state index contributed by atoms with van der Waals surface area (Å²) in [6, 6.07) is 0. The molecule has 12 heteroatoms. The fraction of sp³-hybridized carbons (Fsp3) is 1.00. The van der Waals surface area contributed by atoms with Crippen LogP contribution in [0.2, 0.25) is 0 Å². The standard InChI is InChI=1S/C6H14O2.H10O5Si5/c1-5(7)4-6(2,3)8;1-6-2-8-4-10-5-9-3-7-1/h5,7-8H,4H2,1-3H3;6-10H2. The predicted molar refractivity (Wildman–Crippen MR) is 80.7 cm³/mol. The van der Waals surface area contributed by atoms with Crippen LogP contribution in [-0.2, 0) is 20.6 Å². The van der Waals surface area contributed by atoms with E-state index in [0.717, 1.165) is 0 Å². The van der Waals surface area contributed by atoms with Crippen molar-refractivity contribution in [1.29, 1.82) is 0 Å². The molecule has 0 amide bonds. The van der Waals surface area contributed by atoms with E-state index in [4.69, 9.17) is 30.8 Å². The molecule has 0 spiro atoms. The molecule has 18 heavy (non-hydrogen) atoms. The van der Waals surface area contributed by atoms with Crippen LogP contribution in [0.1, 0.15) is 27.2 Å². The Labute approximate surface area is 120 Å². The average Bonchev–Trinajstić information content (AvgIpc) is 2.24. The fourth-order valence-corrected chi connectivity index (χ4v) is 10.2. The smallest absolute Gasteiger partial charge is 0.286 e. The summed E-state index contributed by atoms with van der Waals surface area (Å²) in [7, 11) is -3.62. The number of hydrogen-bond acceptors (Lipinski definition) is 7. The normalized spacial score (nSPS) is 27.2. The van der Waals surface area contributed by atoms with Gasteiger partial charge in [-0.2, -0.15) is 0 Å². The molecule has 1 heterocycles. The van der Waals surface area contributed by atoms with E-state index in [1.807, 2.05) is 0 Å². The van der Waals surface area contributed by atoms with Crippen molar-refractivity contribution in [2.75, 3.05) is 0 Å². The van der Waals surface area contributed by atoms with Crippen molar-refractivity contribution in [1.82, 2.24) is 0 Å². The highest BCUT2D eigenvalue weighted by atomic mass is 28.4. The first-order valence-electron chi connectivity index (χ1n) is 5.71. The minimum absolute atomic E-state index is 0.407. The molecular weight excluding hydrogens is 324 g/mol. The molecule has 1 rings (SSSR count). The maximum absolute atomic E-state index is 9.03. The molecule has 0 aliphatic carbocycles. The lowest BCUT2D eigenvalue weighted by Gasteiger charge is -2.17. The van der Waals surface area contributed by atoms with E-state index >= 15 is 0 Å². The third-order valence-corrected chi connectivity index (χ3v) is 8.29. The highest BCUT2D eigenvalue weighted by molar-refractivity contribution is 6.50. The number of rotatable bonds is 2. The van der Waals surface area contributed by atoms with Crippen LogP contribution in [0, 0.1) is 0 Å². The third-order valence-electron chi connectivity index (χ3n) is 1.63. The fourth-order valence-electron chi connectivity index (χ4n) is 1.19. The van der Waals surface area contributed by atoms with E-state index in [1.54, 1.807) is 20.8 Å². The van der Waals surface area contributed by atoms with E-state index < -0.39 is 61.7 Å². The summed E-state index contributed by atoms with van der Waals surface area (Å²) in [5.74, 6) is 0. The van der Waals surface area contributed by atoms with Gasteiger partial charge in [-0.3, -0.25) is 0 Å². The van der Waals surface area contributed by atoms with Gasteiger partial charge in [-0.15, -0.1) is 0 Å². The lowest BCUT2D eigenvalue weighted by molar-refractivity contribution is 0.0249. The molecule has 1 aliphatic heterocycles. The topological polar surface area (TPSA) is 86.6 Å². The van der Waals surface area contributed by atoms with Crippen LogP contribution >= 0.6 is 0 Å². The Balaban J connectivity index is 0.000000331. The first-order valence-corrected chi connectivity index (χ1v) is 11.5. The highest BCUT2D eigenvalue weighted by Gasteiger charge is 2.14. The van der Waals surface area contributed by atoms with Crippen LogP contribution in [0.4, 0.5) is 0 Å². The van der Waals surface area contributed by atoms with Crippen molar-refractivity contribution in [3.63, 3.8) is 0 Å². The Morgan fingerprint density at radius 2 is 1.17 bits per heavy atom. The van der Waals surface area contributed by atoms with Gasteiger partial charge in [0.05, 0.1) is 11.7 Å². The van der Waals surface area contributed by atoms with Crippen molar-refractivity contribution >= 4 is 50.0 Å². The second-order valence-electron chi connectivity index (χ2n) is 4.48. The Morgan fingerprint density at radius 3 is 1.28 bits per heavy atom. The van der Waals surface area contributed by atoms with Gasteiger partial charge in [-0.05, 0) is 20.8 Å². The van der Waals surface area contributed by atoms with Gasteiger partial charge in [-0.1, -0.05) is 0 Å². The van der Waals surface area contributed by atoms with Crippen LogP contribution in [0.25, 0.3) is 0 Å². The predicted octanol–water partition coefficient (Wildman–Crippen LogP) is -4.39. The van der Waals surface area contributed by atoms with Crippen molar-refractivity contribution in [2.24, 2.45) is 0 Å². The molecular formula is C6H24O7Si5. The third kappa shape index (κ3) is 16.8. The van der Waals surface area contributed by atoms with Gasteiger partial charge in [0.1, 0.15) is 0 Å². The van der Waals surface area contributed by atoms with E-state index in [-0.39, 0.29) is 0 Å². The molecule has 0 bridgehead atoms. The molecule has 1 atom stereocenters. The minimum atomic E-state index is -0.728. The van der Waals surface area contributed by atoms with Crippen molar-refractivity contribution < 1.29 is 30.8 Å². The zero-order chi connectivity index (χ0) is 13.9. The Bertz CT molecular complexity index is 156. The molecule has 1 fully saturated rings. The molecule has 0 aromatic rings. The van der Waals surface area contributed by atoms with Gasteiger partial charge in [0.15, 0.2) is 0 Å². The second-order valence-corrected chi connectivity index (χ2v) is 13.8. The van der Waals surface area contributed by atoms with Gasteiger partial charge in [0.25, 0.3) is 50.0 Å². The SMILES string of the molecule is CC(O)CC(C)(C)O.O1[SiH2]O[SiH2]O[SiH2]O[SiH2]O[SiH2]1. The van der Waals surface area contributed by atoms with Crippen molar-refractivity contribution in [3.8, 4) is 0 Å². The van der Waals surface area contributed by atoms with Gasteiger partial charge in [0.2, 0.25) is 0 Å². The second kappa shape index (κ2) is 11.6. The maximum atomic E-state index is 9.03. The number of aliphatic hydroxyl groups is 2. The first-order chi connectivity index (χ1) is 8.42. The Hall–Kier alpha value is 0.804. The summed E-state index contributed by atoms with van der Waals surface area (Å²) in [4.78, 5) is 0. The number of aliphatic hydroxyl groups excluding tert-OH is 1. The van der Waals surface area contributed by atoms with Gasteiger partial charge >= 0.3 is 0 Å². The van der Waals surface area contributed by atoms with E-state index in [2.05, 4.69) is 0 Å². The molecule has 1 aliphatic rings. The molecule has 0 saturated carbocycles. The molecule has 2 N–H and O–H groups in total. The van der Waals surface area contributed by atoms with Gasteiger partial charge < -0.3 is 30.8 Å². The summed E-state index contributed by atoms with van der Waals surface area (Å²) in [5, 5.41) is 17.8. The average molecular weight is 349 g/mol. The maximum Gasteiger partial charge on any atom is 0.286 e. The summed E-state index contributed by atoms with van der Waals surface area (Å²) in [6.45, 7) is 5.03. The van der Waals surface area contributed by atoms with Crippen LogP contribution in [0.3, 0.4) is 0 Å². The molecule has 110 valence electrons. The van der Waals surface area contributed by atoms with Gasteiger partial charge in [-0.25, -0.2) is 0 Å². The quantitative estimate of drug-likeness (QED) is 0.487. The molecule has 7 nitrogen and oxygen atoms in total. The molecule has 1 unspecified atom stereocenters. The van der Waals surface area contributed by atoms with Crippen LogP contribution in [-0.4, -0.2) is 72.0 Å². The molecule has 0 radical (unpaired) electrons. The van der Waals surface area contributed by atoms with E-state index in [9.17, 15) is 0 Å². The van der Waals surface area contributed by atoms with Crippen molar-refractivity contribution in [2.45, 2.75) is 38.9 Å². The van der Waals surface area contributed by atoms with Crippen LogP contribution in [0.5, 0.6) is 0 Å². The summed E-state index contributed by atoms with van der Waals surface area (Å²) >= 11 is 0. The number of hydrogen-bond donors (Lipinski definition) is 2. The lowest BCUT2D eigenvalue weighted by atomic mass is 10.0. The van der Waals surface area contributed by atoms with Crippen molar-refractivity contribution in [3.05, 3.63) is 0 Å². The summed E-state index contributed by atoms with van der Waals surface area (Å²) < 4.78 is 25.8. The summed E-state index contributed by atoms with van der Waals surface area (Å²) in [5.41, 5.74) is -0.728. The zero-order valence-electron chi connectivity index (χ0n) is 11.3. The first kappa shape index (κ1) is 18.8. The van der Waals surface area contributed by atoms with Crippen LogP contribution < -0.4 is 0 Å². The van der Waals surface area contributed by atoms with Gasteiger partial charge in [0, 0.05) is 6.42 Å². The molecule has 0 aromatic heterocycles.